The van der Waals surface area contributed by atoms with Crippen LogP contribution >= 0.6 is 23.4 Å². The first-order chi connectivity index (χ1) is 11.1. The van der Waals surface area contributed by atoms with Crippen molar-refractivity contribution in [3.63, 3.8) is 0 Å². The number of hydrogen-bond donors (Lipinski definition) is 1. The maximum Gasteiger partial charge on any atom is 0.260 e. The molecule has 0 spiro atoms. The lowest BCUT2D eigenvalue weighted by molar-refractivity contribution is -0.127. The van der Waals surface area contributed by atoms with E-state index in [1.807, 2.05) is 54.6 Å². The van der Waals surface area contributed by atoms with Gasteiger partial charge in [0, 0.05) is 23.1 Å². The number of para-hydroxylation sites is 1. The molecule has 0 aromatic heterocycles. The van der Waals surface area contributed by atoms with Gasteiger partial charge in [-0.25, -0.2) is 0 Å². The van der Waals surface area contributed by atoms with E-state index in [2.05, 4.69) is 5.32 Å². The zero-order chi connectivity index (χ0) is 16.5. The first-order valence-electron chi connectivity index (χ1n) is 7.47. The van der Waals surface area contributed by atoms with Crippen LogP contribution in [0.4, 0.5) is 0 Å². The molecule has 2 aromatic carbocycles. The van der Waals surface area contributed by atoms with Crippen molar-refractivity contribution in [2.75, 3.05) is 12.3 Å². The lowest BCUT2D eigenvalue weighted by atomic mass is 10.2. The minimum absolute atomic E-state index is 0.0998. The standard InChI is InChI=1S/C18H20ClNO2S/c1-14(22-17-8-3-2-4-9-17)18(21)20-10-11-23-13-15-6-5-7-16(19)12-15/h2-9,12,14H,10-11,13H2,1H3,(H,20,21). The molecule has 1 atom stereocenters. The molecule has 23 heavy (non-hydrogen) atoms. The molecular formula is C18H20ClNO2S. The normalized spacial score (nSPS) is 11.7. The number of rotatable bonds is 8. The lowest BCUT2D eigenvalue weighted by Gasteiger charge is -2.14. The molecule has 0 heterocycles. The fourth-order valence-electron chi connectivity index (χ4n) is 1.96. The number of ether oxygens (including phenoxy) is 1. The van der Waals surface area contributed by atoms with Crippen LogP contribution in [0.15, 0.2) is 54.6 Å². The molecule has 2 rings (SSSR count). The molecule has 0 aliphatic carbocycles. The van der Waals surface area contributed by atoms with Gasteiger partial charge in [-0.15, -0.1) is 0 Å². The first-order valence-corrected chi connectivity index (χ1v) is 9.00. The topological polar surface area (TPSA) is 38.3 Å². The zero-order valence-electron chi connectivity index (χ0n) is 13.0. The Kier molecular flexibility index (Phi) is 7.30. The van der Waals surface area contributed by atoms with E-state index >= 15 is 0 Å². The summed E-state index contributed by atoms with van der Waals surface area (Å²) < 4.78 is 5.58. The summed E-state index contributed by atoms with van der Waals surface area (Å²) >= 11 is 7.71. The van der Waals surface area contributed by atoms with E-state index in [1.165, 1.54) is 5.56 Å². The van der Waals surface area contributed by atoms with Gasteiger partial charge in [0.05, 0.1) is 0 Å². The number of hydrogen-bond acceptors (Lipinski definition) is 3. The van der Waals surface area contributed by atoms with Crippen LogP contribution in [0.5, 0.6) is 5.75 Å². The first kappa shape index (κ1) is 17.7. The minimum Gasteiger partial charge on any atom is -0.481 e. The molecule has 0 radical (unpaired) electrons. The lowest BCUT2D eigenvalue weighted by Crippen LogP contribution is -2.37. The zero-order valence-corrected chi connectivity index (χ0v) is 14.6. The number of carbonyl (C=O) groups is 1. The van der Waals surface area contributed by atoms with Gasteiger partial charge < -0.3 is 10.1 Å². The van der Waals surface area contributed by atoms with Gasteiger partial charge in [-0.1, -0.05) is 41.9 Å². The van der Waals surface area contributed by atoms with Crippen molar-refractivity contribution < 1.29 is 9.53 Å². The van der Waals surface area contributed by atoms with E-state index in [0.717, 1.165) is 16.5 Å². The number of amides is 1. The summed E-state index contributed by atoms with van der Waals surface area (Å²) in [5.41, 5.74) is 1.19. The summed E-state index contributed by atoms with van der Waals surface area (Å²) in [6.45, 7) is 2.37. The molecular weight excluding hydrogens is 330 g/mol. The summed E-state index contributed by atoms with van der Waals surface area (Å²) in [5, 5.41) is 3.64. The van der Waals surface area contributed by atoms with Crippen molar-refractivity contribution in [1.82, 2.24) is 5.32 Å². The second-order valence-electron chi connectivity index (χ2n) is 5.05. The van der Waals surface area contributed by atoms with Gasteiger partial charge in [-0.05, 0) is 36.8 Å². The van der Waals surface area contributed by atoms with Crippen LogP contribution in [-0.2, 0) is 10.5 Å². The Balaban J connectivity index is 1.62. The molecule has 122 valence electrons. The number of carbonyl (C=O) groups excluding carboxylic acids is 1. The highest BCUT2D eigenvalue weighted by molar-refractivity contribution is 7.98. The predicted molar refractivity (Wildman–Crippen MR) is 97.2 cm³/mol. The highest BCUT2D eigenvalue weighted by atomic mass is 35.5. The van der Waals surface area contributed by atoms with Gasteiger partial charge >= 0.3 is 0 Å². The Morgan fingerprint density at radius 3 is 2.74 bits per heavy atom. The van der Waals surface area contributed by atoms with Gasteiger partial charge in [-0.3, -0.25) is 4.79 Å². The third-order valence-corrected chi connectivity index (χ3v) is 4.39. The third-order valence-electron chi connectivity index (χ3n) is 3.13. The molecule has 0 saturated carbocycles. The van der Waals surface area contributed by atoms with Gasteiger partial charge in [0.25, 0.3) is 5.91 Å². The van der Waals surface area contributed by atoms with E-state index < -0.39 is 6.10 Å². The summed E-state index contributed by atoms with van der Waals surface area (Å²) in [6, 6.07) is 17.2. The van der Waals surface area contributed by atoms with Crippen LogP contribution in [0.1, 0.15) is 12.5 Å². The second-order valence-corrected chi connectivity index (χ2v) is 6.59. The average molecular weight is 350 g/mol. The molecule has 1 unspecified atom stereocenters. The van der Waals surface area contributed by atoms with Crippen molar-refractivity contribution >= 4 is 29.3 Å². The molecule has 1 amide bonds. The van der Waals surface area contributed by atoms with E-state index in [0.29, 0.717) is 12.3 Å². The predicted octanol–water partition coefficient (Wildman–Crippen LogP) is 4.16. The average Bonchev–Trinajstić information content (AvgIpc) is 2.55. The molecule has 0 fully saturated rings. The van der Waals surface area contributed by atoms with Gasteiger partial charge in [0.2, 0.25) is 0 Å². The molecule has 0 saturated heterocycles. The van der Waals surface area contributed by atoms with Crippen molar-refractivity contribution in [1.29, 1.82) is 0 Å². The van der Waals surface area contributed by atoms with Crippen molar-refractivity contribution in [3.8, 4) is 5.75 Å². The Bertz CT molecular complexity index is 621. The maximum atomic E-state index is 12.0. The number of thioether (sulfide) groups is 1. The Hall–Kier alpha value is -1.65. The summed E-state index contributed by atoms with van der Waals surface area (Å²) in [7, 11) is 0. The molecule has 0 aliphatic rings. The van der Waals surface area contributed by atoms with Gasteiger partial charge in [0.1, 0.15) is 5.75 Å². The summed E-state index contributed by atoms with van der Waals surface area (Å²) in [5.74, 6) is 2.32. The Morgan fingerprint density at radius 2 is 2.00 bits per heavy atom. The molecule has 0 bridgehead atoms. The van der Waals surface area contributed by atoms with Crippen LogP contribution in [0.3, 0.4) is 0 Å². The molecule has 0 aliphatic heterocycles. The Morgan fingerprint density at radius 1 is 1.22 bits per heavy atom. The van der Waals surface area contributed by atoms with Crippen LogP contribution < -0.4 is 10.1 Å². The van der Waals surface area contributed by atoms with E-state index in [4.69, 9.17) is 16.3 Å². The van der Waals surface area contributed by atoms with Gasteiger partial charge in [-0.2, -0.15) is 11.8 Å². The number of nitrogens with one attached hydrogen (secondary N) is 1. The van der Waals surface area contributed by atoms with Crippen LogP contribution in [0.2, 0.25) is 5.02 Å². The highest BCUT2D eigenvalue weighted by Gasteiger charge is 2.13. The Labute approximate surface area is 146 Å². The molecule has 1 N–H and O–H groups in total. The second kappa shape index (κ2) is 9.48. The third kappa shape index (κ3) is 6.55. The molecule has 3 nitrogen and oxygen atoms in total. The van der Waals surface area contributed by atoms with Crippen molar-refractivity contribution in [3.05, 3.63) is 65.2 Å². The van der Waals surface area contributed by atoms with Crippen molar-refractivity contribution in [2.45, 2.75) is 18.8 Å². The van der Waals surface area contributed by atoms with Crippen LogP contribution in [-0.4, -0.2) is 24.3 Å². The van der Waals surface area contributed by atoms with Crippen LogP contribution in [0, 0.1) is 0 Å². The fourth-order valence-corrected chi connectivity index (χ4v) is 2.98. The number of benzene rings is 2. The fraction of sp³-hybridized carbons (Fsp3) is 0.278. The maximum absolute atomic E-state index is 12.0. The highest BCUT2D eigenvalue weighted by Crippen LogP contribution is 2.16. The monoisotopic (exact) mass is 349 g/mol. The van der Waals surface area contributed by atoms with Crippen molar-refractivity contribution in [2.24, 2.45) is 0 Å². The van der Waals surface area contributed by atoms with E-state index in [9.17, 15) is 4.79 Å². The summed E-state index contributed by atoms with van der Waals surface area (Å²) in [4.78, 5) is 12.0. The summed E-state index contributed by atoms with van der Waals surface area (Å²) in [6.07, 6.45) is -0.504. The van der Waals surface area contributed by atoms with Gasteiger partial charge in [0.15, 0.2) is 6.10 Å². The SMILES string of the molecule is CC(Oc1ccccc1)C(=O)NCCSCc1cccc(Cl)c1. The minimum atomic E-state index is -0.504. The smallest absolute Gasteiger partial charge is 0.260 e. The molecule has 2 aromatic rings. The van der Waals surface area contributed by atoms with Crippen LogP contribution in [0.25, 0.3) is 0 Å². The largest absolute Gasteiger partial charge is 0.481 e. The van der Waals surface area contributed by atoms with E-state index in [1.54, 1.807) is 18.7 Å². The van der Waals surface area contributed by atoms with E-state index in [-0.39, 0.29) is 5.91 Å². The number of halogens is 1. The molecule has 5 heteroatoms. The quantitative estimate of drug-likeness (QED) is 0.727.